The highest BCUT2D eigenvalue weighted by Gasteiger charge is 2.38. The fourth-order valence-electron chi connectivity index (χ4n) is 2.35. The summed E-state index contributed by atoms with van der Waals surface area (Å²) in [6.07, 6.45) is 0. The van der Waals surface area contributed by atoms with Crippen LogP contribution in [0, 0.1) is 0 Å². The highest BCUT2D eigenvalue weighted by atomic mass is 35.5. The minimum absolute atomic E-state index is 0.0169. The van der Waals surface area contributed by atoms with E-state index in [1.165, 1.54) is 18.2 Å². The summed E-state index contributed by atoms with van der Waals surface area (Å²) >= 11 is 18.0. The highest BCUT2D eigenvalue weighted by molar-refractivity contribution is 6.48. The van der Waals surface area contributed by atoms with Gasteiger partial charge >= 0.3 is 0 Å². The Balaban J connectivity index is 1.83. The summed E-state index contributed by atoms with van der Waals surface area (Å²) in [4.78, 5) is 25.9. The van der Waals surface area contributed by atoms with Crippen LogP contribution in [0.1, 0.15) is 5.56 Å². The molecule has 0 radical (unpaired) electrons. The molecule has 0 bridgehead atoms. The van der Waals surface area contributed by atoms with Crippen LogP contribution in [-0.2, 0) is 16.1 Å². The zero-order valence-electron chi connectivity index (χ0n) is 12.6. The van der Waals surface area contributed by atoms with E-state index in [9.17, 15) is 14.7 Å². The molecule has 5 nitrogen and oxygen atoms in total. The molecule has 0 spiro atoms. The SMILES string of the molecule is O=C1C(Cl)=C(Nc2cccc(O)c2)C(=O)N1Cc1ccc(Cl)cc1Cl. The van der Waals surface area contributed by atoms with Gasteiger partial charge in [0.15, 0.2) is 0 Å². The maximum Gasteiger partial charge on any atom is 0.279 e. The van der Waals surface area contributed by atoms with Crippen LogP contribution in [0.3, 0.4) is 0 Å². The summed E-state index contributed by atoms with van der Waals surface area (Å²) in [7, 11) is 0. The van der Waals surface area contributed by atoms with Gasteiger partial charge in [-0.15, -0.1) is 0 Å². The number of carbonyl (C=O) groups excluding carboxylic acids is 2. The number of anilines is 1. The predicted molar refractivity (Wildman–Crippen MR) is 96.6 cm³/mol. The third-order valence-corrected chi connectivity index (χ3v) is 4.51. The van der Waals surface area contributed by atoms with E-state index in [0.717, 1.165) is 4.90 Å². The van der Waals surface area contributed by atoms with Crippen molar-refractivity contribution in [1.29, 1.82) is 0 Å². The molecular weight excluding hydrogens is 387 g/mol. The van der Waals surface area contributed by atoms with Crippen molar-refractivity contribution >= 4 is 52.3 Å². The minimum Gasteiger partial charge on any atom is -0.508 e. The van der Waals surface area contributed by atoms with E-state index in [-0.39, 0.29) is 23.0 Å². The molecule has 0 fully saturated rings. The van der Waals surface area contributed by atoms with Crippen molar-refractivity contribution in [2.75, 3.05) is 5.32 Å². The van der Waals surface area contributed by atoms with E-state index in [0.29, 0.717) is 21.3 Å². The molecule has 0 saturated carbocycles. The Kier molecular flexibility index (Phi) is 4.90. The number of nitrogens with one attached hydrogen (secondary N) is 1. The van der Waals surface area contributed by atoms with Gasteiger partial charge in [0.05, 0.1) is 6.54 Å². The van der Waals surface area contributed by atoms with E-state index in [1.807, 2.05) is 0 Å². The number of halogens is 3. The second-order valence-corrected chi connectivity index (χ2v) is 6.52. The Morgan fingerprint density at radius 3 is 2.44 bits per heavy atom. The van der Waals surface area contributed by atoms with Crippen LogP contribution in [0.5, 0.6) is 5.75 Å². The van der Waals surface area contributed by atoms with Crippen LogP contribution in [0.15, 0.2) is 53.2 Å². The molecule has 2 N–H and O–H groups in total. The number of aromatic hydroxyl groups is 1. The third-order valence-electron chi connectivity index (χ3n) is 3.57. The van der Waals surface area contributed by atoms with E-state index in [2.05, 4.69) is 5.32 Å². The number of amides is 2. The second-order valence-electron chi connectivity index (χ2n) is 5.30. The summed E-state index contributed by atoms with van der Waals surface area (Å²) < 4.78 is 0. The quantitative estimate of drug-likeness (QED) is 0.761. The van der Waals surface area contributed by atoms with Gasteiger partial charge in [-0.05, 0) is 29.8 Å². The van der Waals surface area contributed by atoms with Gasteiger partial charge < -0.3 is 10.4 Å². The van der Waals surface area contributed by atoms with E-state index in [1.54, 1.807) is 24.3 Å². The lowest BCUT2D eigenvalue weighted by Gasteiger charge is -2.16. The molecule has 0 atom stereocenters. The minimum atomic E-state index is -0.625. The van der Waals surface area contributed by atoms with Gasteiger partial charge in [-0.1, -0.05) is 46.9 Å². The van der Waals surface area contributed by atoms with Gasteiger partial charge in [-0.2, -0.15) is 0 Å². The molecule has 3 rings (SSSR count). The first-order chi connectivity index (χ1) is 11.9. The number of carbonyl (C=O) groups is 2. The van der Waals surface area contributed by atoms with Gasteiger partial charge in [-0.3, -0.25) is 14.5 Å². The molecule has 2 aromatic rings. The average Bonchev–Trinajstić information content (AvgIpc) is 2.75. The van der Waals surface area contributed by atoms with Gasteiger partial charge in [0.2, 0.25) is 0 Å². The first kappa shape index (κ1) is 17.6. The number of imide groups is 1. The summed E-state index contributed by atoms with van der Waals surface area (Å²) in [5.41, 5.74) is 0.943. The van der Waals surface area contributed by atoms with Gasteiger partial charge in [-0.25, -0.2) is 0 Å². The van der Waals surface area contributed by atoms with Crippen LogP contribution in [-0.4, -0.2) is 21.8 Å². The van der Waals surface area contributed by atoms with Crippen molar-refractivity contribution in [3.8, 4) is 5.75 Å². The van der Waals surface area contributed by atoms with Gasteiger partial charge in [0, 0.05) is 21.8 Å². The Morgan fingerprint density at radius 2 is 1.76 bits per heavy atom. The monoisotopic (exact) mass is 396 g/mol. The largest absolute Gasteiger partial charge is 0.508 e. The number of phenolic OH excluding ortho intramolecular Hbond substituents is 1. The van der Waals surface area contributed by atoms with Crippen molar-refractivity contribution < 1.29 is 14.7 Å². The van der Waals surface area contributed by atoms with Crippen molar-refractivity contribution in [1.82, 2.24) is 4.90 Å². The Morgan fingerprint density at radius 1 is 1.00 bits per heavy atom. The molecule has 0 saturated heterocycles. The Hall–Kier alpha value is -2.21. The molecule has 0 aromatic heterocycles. The summed E-state index contributed by atoms with van der Waals surface area (Å²) in [5, 5.41) is 12.8. The van der Waals surface area contributed by atoms with Crippen LogP contribution in [0.2, 0.25) is 10.0 Å². The zero-order chi connectivity index (χ0) is 18.1. The van der Waals surface area contributed by atoms with E-state index in [4.69, 9.17) is 34.8 Å². The molecule has 128 valence electrons. The molecule has 1 aliphatic rings. The zero-order valence-corrected chi connectivity index (χ0v) is 14.9. The topological polar surface area (TPSA) is 69.6 Å². The van der Waals surface area contributed by atoms with E-state index < -0.39 is 11.8 Å². The summed E-state index contributed by atoms with van der Waals surface area (Å²) in [6.45, 7) is -0.0326. The lowest BCUT2D eigenvalue weighted by molar-refractivity contribution is -0.138. The first-order valence-corrected chi connectivity index (χ1v) is 8.26. The molecule has 0 unspecified atom stereocenters. The summed E-state index contributed by atoms with van der Waals surface area (Å²) in [6, 6.07) is 10.9. The average molecular weight is 398 g/mol. The molecule has 25 heavy (non-hydrogen) atoms. The molecule has 0 aliphatic carbocycles. The molecule has 1 aliphatic heterocycles. The first-order valence-electron chi connectivity index (χ1n) is 7.13. The third kappa shape index (κ3) is 3.58. The Labute approximate surface area is 158 Å². The number of hydrogen-bond donors (Lipinski definition) is 2. The maximum absolute atomic E-state index is 12.6. The molecule has 1 heterocycles. The number of hydrogen-bond acceptors (Lipinski definition) is 4. The normalized spacial score (nSPS) is 14.4. The van der Waals surface area contributed by atoms with Gasteiger partial charge in [0.1, 0.15) is 16.5 Å². The highest BCUT2D eigenvalue weighted by Crippen LogP contribution is 2.30. The number of phenols is 1. The predicted octanol–water partition coefficient (Wildman–Crippen LogP) is 4.13. The van der Waals surface area contributed by atoms with Gasteiger partial charge in [0.25, 0.3) is 11.8 Å². The fourth-order valence-corrected chi connectivity index (χ4v) is 3.05. The van der Waals surface area contributed by atoms with Crippen molar-refractivity contribution in [3.05, 3.63) is 68.8 Å². The molecular formula is C17H11Cl3N2O3. The van der Waals surface area contributed by atoms with Crippen LogP contribution in [0.4, 0.5) is 5.69 Å². The second kappa shape index (κ2) is 6.96. The van der Waals surface area contributed by atoms with Crippen molar-refractivity contribution in [3.63, 3.8) is 0 Å². The number of nitrogens with zero attached hydrogens (tertiary/aromatic N) is 1. The molecule has 2 amide bonds. The number of rotatable bonds is 4. The maximum atomic E-state index is 12.6. The molecule has 8 heteroatoms. The smallest absolute Gasteiger partial charge is 0.279 e. The van der Waals surface area contributed by atoms with Crippen LogP contribution in [0.25, 0.3) is 0 Å². The van der Waals surface area contributed by atoms with Crippen molar-refractivity contribution in [2.24, 2.45) is 0 Å². The summed E-state index contributed by atoms with van der Waals surface area (Å²) in [5.74, 6) is -1.19. The molecule has 2 aromatic carbocycles. The fraction of sp³-hybridized carbons (Fsp3) is 0.0588. The van der Waals surface area contributed by atoms with Crippen molar-refractivity contribution in [2.45, 2.75) is 6.54 Å². The van der Waals surface area contributed by atoms with Crippen LogP contribution < -0.4 is 5.32 Å². The van der Waals surface area contributed by atoms with E-state index >= 15 is 0 Å². The Bertz CT molecular complexity index is 912. The standard InChI is InChI=1S/C17H11Cl3N2O3/c18-10-5-4-9(13(19)6-10)8-22-16(24)14(20)15(17(22)25)21-11-2-1-3-12(23)7-11/h1-7,21,23H,8H2. The lowest BCUT2D eigenvalue weighted by atomic mass is 10.2. The van der Waals surface area contributed by atoms with Crippen LogP contribution >= 0.6 is 34.8 Å². The lowest BCUT2D eigenvalue weighted by Crippen LogP contribution is -2.32. The number of benzene rings is 2.